The first-order chi connectivity index (χ1) is 8.09. The first kappa shape index (κ1) is 13.3. The highest BCUT2D eigenvalue weighted by molar-refractivity contribution is 5.23. The van der Waals surface area contributed by atoms with Gasteiger partial charge in [-0.25, -0.2) is 0 Å². The van der Waals surface area contributed by atoms with Gasteiger partial charge >= 0.3 is 0 Å². The second kappa shape index (κ2) is 6.74. The molecule has 0 radical (unpaired) electrons. The van der Waals surface area contributed by atoms with Crippen LogP contribution in [0.15, 0.2) is 54.6 Å². The molecule has 0 aromatic heterocycles. The minimum absolute atomic E-state index is 0.322. The van der Waals surface area contributed by atoms with Crippen molar-refractivity contribution in [3.63, 3.8) is 0 Å². The van der Waals surface area contributed by atoms with Gasteiger partial charge in [0.25, 0.3) is 0 Å². The molecule has 0 saturated heterocycles. The maximum atomic E-state index is 8.63. The van der Waals surface area contributed by atoms with Crippen molar-refractivity contribution in [2.45, 2.75) is 26.7 Å². The SMILES string of the molecule is Cc1ccc(C(C)C)cc1.Oc1ccccc1. The van der Waals surface area contributed by atoms with Crippen molar-refractivity contribution < 1.29 is 5.11 Å². The van der Waals surface area contributed by atoms with Crippen LogP contribution >= 0.6 is 0 Å². The van der Waals surface area contributed by atoms with Crippen LogP contribution in [0.25, 0.3) is 0 Å². The Balaban J connectivity index is 0.000000181. The maximum absolute atomic E-state index is 8.63. The van der Waals surface area contributed by atoms with E-state index in [1.807, 2.05) is 6.07 Å². The van der Waals surface area contributed by atoms with Gasteiger partial charge in [-0.2, -0.15) is 0 Å². The number of para-hydroxylation sites is 1. The summed E-state index contributed by atoms with van der Waals surface area (Å²) in [5, 5.41) is 8.63. The Labute approximate surface area is 104 Å². The van der Waals surface area contributed by atoms with E-state index in [4.69, 9.17) is 5.11 Å². The van der Waals surface area contributed by atoms with E-state index in [1.54, 1.807) is 24.3 Å². The van der Waals surface area contributed by atoms with E-state index in [0.717, 1.165) is 0 Å². The predicted molar refractivity (Wildman–Crippen MR) is 73.4 cm³/mol. The molecule has 0 bridgehead atoms. The van der Waals surface area contributed by atoms with Crippen molar-refractivity contribution in [3.05, 3.63) is 65.7 Å². The van der Waals surface area contributed by atoms with Gasteiger partial charge in [0.05, 0.1) is 0 Å². The number of aryl methyl sites for hydroxylation is 1. The van der Waals surface area contributed by atoms with E-state index in [0.29, 0.717) is 11.7 Å². The van der Waals surface area contributed by atoms with Gasteiger partial charge in [-0.15, -0.1) is 0 Å². The molecule has 90 valence electrons. The number of phenols is 1. The van der Waals surface area contributed by atoms with Gasteiger partial charge in [-0.05, 0) is 30.5 Å². The normalized spacial score (nSPS) is 9.65. The summed E-state index contributed by atoms with van der Waals surface area (Å²) >= 11 is 0. The summed E-state index contributed by atoms with van der Waals surface area (Å²) in [6.07, 6.45) is 0. The van der Waals surface area contributed by atoms with Gasteiger partial charge in [0.1, 0.15) is 5.75 Å². The second-order valence-electron chi connectivity index (χ2n) is 4.40. The molecule has 0 aliphatic carbocycles. The van der Waals surface area contributed by atoms with Gasteiger partial charge < -0.3 is 5.11 Å². The molecular weight excluding hydrogens is 208 g/mol. The molecule has 0 saturated carbocycles. The molecule has 0 spiro atoms. The van der Waals surface area contributed by atoms with E-state index >= 15 is 0 Å². The molecule has 2 aromatic carbocycles. The van der Waals surface area contributed by atoms with Crippen LogP contribution in [-0.4, -0.2) is 5.11 Å². The van der Waals surface area contributed by atoms with Crippen LogP contribution in [-0.2, 0) is 0 Å². The van der Waals surface area contributed by atoms with Gasteiger partial charge in [-0.3, -0.25) is 0 Å². The molecule has 0 amide bonds. The molecule has 17 heavy (non-hydrogen) atoms. The van der Waals surface area contributed by atoms with E-state index in [2.05, 4.69) is 45.0 Å². The summed E-state index contributed by atoms with van der Waals surface area (Å²) in [5.41, 5.74) is 2.76. The van der Waals surface area contributed by atoms with Gasteiger partial charge in [0.2, 0.25) is 0 Å². The highest BCUT2D eigenvalue weighted by Crippen LogP contribution is 2.13. The molecule has 0 aliphatic rings. The van der Waals surface area contributed by atoms with Gasteiger partial charge in [0.15, 0.2) is 0 Å². The second-order valence-corrected chi connectivity index (χ2v) is 4.40. The number of hydrogen-bond donors (Lipinski definition) is 1. The minimum atomic E-state index is 0.322. The topological polar surface area (TPSA) is 20.2 Å². The quantitative estimate of drug-likeness (QED) is 0.761. The first-order valence-electron chi connectivity index (χ1n) is 5.90. The maximum Gasteiger partial charge on any atom is 0.115 e. The summed E-state index contributed by atoms with van der Waals surface area (Å²) < 4.78 is 0. The third-order valence-corrected chi connectivity index (χ3v) is 2.50. The van der Waals surface area contributed by atoms with Gasteiger partial charge in [0, 0.05) is 0 Å². The van der Waals surface area contributed by atoms with Crippen LogP contribution in [0.4, 0.5) is 0 Å². The Morgan fingerprint density at radius 1 is 0.824 bits per heavy atom. The summed E-state index contributed by atoms with van der Waals surface area (Å²) in [5.74, 6) is 0.975. The Bertz CT molecular complexity index is 415. The molecule has 1 N–H and O–H groups in total. The number of phenolic OH excluding ortho intramolecular Hbond substituents is 1. The Morgan fingerprint density at radius 2 is 1.35 bits per heavy atom. The van der Waals surface area contributed by atoms with Crippen LogP contribution in [0, 0.1) is 6.92 Å². The molecule has 0 atom stereocenters. The molecule has 2 rings (SSSR count). The predicted octanol–water partition coefficient (Wildman–Crippen LogP) is 4.51. The molecule has 0 fully saturated rings. The number of aromatic hydroxyl groups is 1. The standard InChI is InChI=1S/C10H14.C6H6O/c1-8(2)10-6-4-9(3)5-7-10;7-6-4-2-1-3-5-6/h4-8H,1-3H3;1-5,7H. The fourth-order valence-corrected chi connectivity index (χ4v) is 1.38. The van der Waals surface area contributed by atoms with E-state index in [1.165, 1.54) is 11.1 Å². The lowest BCUT2D eigenvalue weighted by Crippen LogP contribution is -1.85. The number of rotatable bonds is 1. The highest BCUT2D eigenvalue weighted by Gasteiger charge is 1.95. The lowest BCUT2D eigenvalue weighted by molar-refractivity contribution is 0.475. The zero-order valence-electron chi connectivity index (χ0n) is 10.7. The molecule has 0 unspecified atom stereocenters. The van der Waals surface area contributed by atoms with Crippen LogP contribution in [0.2, 0.25) is 0 Å². The Kier molecular flexibility index (Phi) is 5.28. The fraction of sp³-hybridized carbons (Fsp3) is 0.250. The van der Waals surface area contributed by atoms with Crippen LogP contribution < -0.4 is 0 Å². The Morgan fingerprint density at radius 3 is 1.71 bits per heavy atom. The Hall–Kier alpha value is -1.76. The third kappa shape index (κ3) is 5.21. The van der Waals surface area contributed by atoms with Crippen molar-refractivity contribution >= 4 is 0 Å². The number of hydrogen-bond acceptors (Lipinski definition) is 1. The molecule has 0 aliphatic heterocycles. The van der Waals surface area contributed by atoms with Crippen molar-refractivity contribution in [1.29, 1.82) is 0 Å². The van der Waals surface area contributed by atoms with Crippen molar-refractivity contribution in [1.82, 2.24) is 0 Å². The molecule has 0 heterocycles. The lowest BCUT2D eigenvalue weighted by Gasteiger charge is -2.03. The largest absolute Gasteiger partial charge is 0.508 e. The molecular formula is C16H20O. The lowest BCUT2D eigenvalue weighted by atomic mass is 10.0. The minimum Gasteiger partial charge on any atom is -0.508 e. The fourth-order valence-electron chi connectivity index (χ4n) is 1.38. The summed E-state index contributed by atoms with van der Waals surface area (Å²) in [6.45, 7) is 6.54. The zero-order valence-corrected chi connectivity index (χ0v) is 10.7. The van der Waals surface area contributed by atoms with E-state index in [-0.39, 0.29) is 0 Å². The molecule has 1 heteroatoms. The van der Waals surface area contributed by atoms with Crippen molar-refractivity contribution in [3.8, 4) is 5.75 Å². The van der Waals surface area contributed by atoms with E-state index in [9.17, 15) is 0 Å². The van der Waals surface area contributed by atoms with Crippen LogP contribution in [0.3, 0.4) is 0 Å². The average molecular weight is 228 g/mol. The van der Waals surface area contributed by atoms with Crippen molar-refractivity contribution in [2.75, 3.05) is 0 Å². The molecule has 2 aromatic rings. The summed E-state index contributed by atoms with van der Waals surface area (Å²) in [4.78, 5) is 0. The zero-order chi connectivity index (χ0) is 12.7. The first-order valence-corrected chi connectivity index (χ1v) is 5.90. The van der Waals surface area contributed by atoms with Gasteiger partial charge in [-0.1, -0.05) is 61.9 Å². The molecule has 1 nitrogen and oxygen atoms in total. The third-order valence-electron chi connectivity index (χ3n) is 2.50. The van der Waals surface area contributed by atoms with E-state index < -0.39 is 0 Å². The number of benzene rings is 2. The monoisotopic (exact) mass is 228 g/mol. The summed E-state index contributed by atoms with van der Waals surface area (Å²) in [6, 6.07) is 17.4. The average Bonchev–Trinajstić information content (AvgIpc) is 2.31. The highest BCUT2D eigenvalue weighted by atomic mass is 16.3. The van der Waals surface area contributed by atoms with Crippen LogP contribution in [0.5, 0.6) is 5.75 Å². The van der Waals surface area contributed by atoms with Crippen LogP contribution in [0.1, 0.15) is 30.9 Å². The van der Waals surface area contributed by atoms with Crippen molar-refractivity contribution in [2.24, 2.45) is 0 Å². The smallest absolute Gasteiger partial charge is 0.115 e. The summed E-state index contributed by atoms with van der Waals surface area (Å²) in [7, 11) is 0.